The fourth-order valence-corrected chi connectivity index (χ4v) is 1.41. The highest BCUT2D eigenvalue weighted by molar-refractivity contribution is 6.31. The van der Waals surface area contributed by atoms with Gasteiger partial charge in [0.05, 0.1) is 0 Å². The van der Waals surface area contributed by atoms with Crippen molar-refractivity contribution >= 4 is 29.9 Å². The molecule has 3 nitrogen and oxygen atoms in total. The maximum absolute atomic E-state index is 11.7. The predicted octanol–water partition coefficient (Wildman–Crippen LogP) is 2.02. The molecular formula is C11H16Cl2N2O. The van der Waals surface area contributed by atoms with Crippen molar-refractivity contribution in [1.29, 1.82) is 0 Å². The van der Waals surface area contributed by atoms with Crippen molar-refractivity contribution in [2.24, 2.45) is 0 Å². The minimum absolute atomic E-state index is 0. The Morgan fingerprint density at radius 2 is 2.06 bits per heavy atom. The summed E-state index contributed by atoms with van der Waals surface area (Å²) in [5.74, 6) is -0.0785. The monoisotopic (exact) mass is 262 g/mol. The number of amides is 1. The van der Waals surface area contributed by atoms with Crippen LogP contribution in [0.25, 0.3) is 0 Å². The van der Waals surface area contributed by atoms with Crippen molar-refractivity contribution in [2.75, 3.05) is 20.1 Å². The van der Waals surface area contributed by atoms with Crippen molar-refractivity contribution in [3.05, 3.63) is 34.3 Å². The molecule has 5 heteroatoms. The normalized spacial score (nSPS) is 9.44. The highest BCUT2D eigenvalue weighted by atomic mass is 35.5. The zero-order valence-corrected chi connectivity index (χ0v) is 10.9. The van der Waals surface area contributed by atoms with Gasteiger partial charge in [-0.3, -0.25) is 4.79 Å². The average Bonchev–Trinajstić information content (AvgIpc) is 2.22. The Labute approximate surface area is 107 Å². The fraction of sp³-hybridized carbons (Fsp3) is 0.364. The summed E-state index contributed by atoms with van der Waals surface area (Å²) in [4.78, 5) is 11.7. The van der Waals surface area contributed by atoms with Crippen LogP contribution in [-0.4, -0.2) is 26.0 Å². The zero-order chi connectivity index (χ0) is 11.3. The number of halogens is 2. The van der Waals surface area contributed by atoms with Crippen LogP contribution in [0.5, 0.6) is 0 Å². The third-order valence-electron chi connectivity index (χ3n) is 2.10. The number of benzene rings is 1. The van der Waals surface area contributed by atoms with Crippen molar-refractivity contribution in [1.82, 2.24) is 10.6 Å². The van der Waals surface area contributed by atoms with Crippen molar-refractivity contribution in [2.45, 2.75) is 6.92 Å². The molecular weight excluding hydrogens is 247 g/mol. The molecule has 0 spiro atoms. The summed E-state index contributed by atoms with van der Waals surface area (Å²) in [6, 6.07) is 5.31. The Kier molecular flexibility index (Phi) is 7.13. The van der Waals surface area contributed by atoms with Crippen LogP contribution in [-0.2, 0) is 0 Å². The second-order valence-corrected chi connectivity index (χ2v) is 3.76. The summed E-state index contributed by atoms with van der Waals surface area (Å²) in [6.45, 7) is 3.26. The molecule has 0 unspecified atom stereocenters. The molecule has 0 saturated heterocycles. The van der Waals surface area contributed by atoms with E-state index in [9.17, 15) is 4.79 Å². The fourth-order valence-electron chi connectivity index (χ4n) is 1.24. The van der Waals surface area contributed by atoms with Gasteiger partial charge in [0, 0.05) is 23.7 Å². The highest BCUT2D eigenvalue weighted by Gasteiger charge is 2.08. The number of nitrogens with one attached hydrogen (secondary N) is 2. The molecule has 0 fully saturated rings. The Bertz CT molecular complexity index is 356. The summed E-state index contributed by atoms with van der Waals surface area (Å²) in [6.07, 6.45) is 0. The minimum atomic E-state index is -0.0785. The zero-order valence-electron chi connectivity index (χ0n) is 9.34. The molecule has 0 bridgehead atoms. The number of carbonyl (C=O) groups excluding carboxylic acids is 1. The molecule has 0 atom stereocenters. The van der Waals surface area contributed by atoms with Gasteiger partial charge < -0.3 is 10.6 Å². The summed E-state index contributed by atoms with van der Waals surface area (Å²) >= 11 is 5.83. The van der Waals surface area contributed by atoms with Gasteiger partial charge in [-0.15, -0.1) is 12.4 Å². The minimum Gasteiger partial charge on any atom is -0.351 e. The topological polar surface area (TPSA) is 41.1 Å². The van der Waals surface area contributed by atoms with Gasteiger partial charge in [0.2, 0.25) is 0 Å². The summed E-state index contributed by atoms with van der Waals surface area (Å²) in [7, 11) is 1.84. The van der Waals surface area contributed by atoms with Gasteiger partial charge in [0.1, 0.15) is 0 Å². The third-order valence-corrected chi connectivity index (χ3v) is 2.34. The molecule has 0 saturated carbocycles. The molecule has 0 aliphatic rings. The van der Waals surface area contributed by atoms with E-state index < -0.39 is 0 Å². The van der Waals surface area contributed by atoms with Crippen LogP contribution in [0.2, 0.25) is 5.02 Å². The summed E-state index contributed by atoms with van der Waals surface area (Å²) in [5.41, 5.74) is 1.57. The molecule has 0 aromatic heterocycles. The van der Waals surface area contributed by atoms with Gasteiger partial charge in [-0.2, -0.15) is 0 Å². The lowest BCUT2D eigenvalue weighted by Gasteiger charge is -2.07. The first-order valence-electron chi connectivity index (χ1n) is 4.84. The smallest absolute Gasteiger partial charge is 0.251 e. The van der Waals surface area contributed by atoms with E-state index in [0.29, 0.717) is 17.1 Å². The van der Waals surface area contributed by atoms with Crippen LogP contribution >= 0.6 is 24.0 Å². The number of rotatable bonds is 4. The molecule has 1 rings (SSSR count). The largest absolute Gasteiger partial charge is 0.351 e. The van der Waals surface area contributed by atoms with E-state index in [4.69, 9.17) is 11.6 Å². The van der Waals surface area contributed by atoms with Gasteiger partial charge >= 0.3 is 0 Å². The van der Waals surface area contributed by atoms with E-state index in [1.165, 1.54) is 0 Å². The summed E-state index contributed by atoms with van der Waals surface area (Å²) in [5, 5.41) is 6.35. The van der Waals surface area contributed by atoms with Gasteiger partial charge in [-0.05, 0) is 31.7 Å². The molecule has 0 heterocycles. The molecule has 2 N–H and O–H groups in total. The lowest BCUT2D eigenvalue weighted by Crippen LogP contribution is -2.30. The van der Waals surface area contributed by atoms with Crippen LogP contribution in [0.3, 0.4) is 0 Å². The Hall–Kier alpha value is -0.770. The molecule has 16 heavy (non-hydrogen) atoms. The lowest BCUT2D eigenvalue weighted by molar-refractivity contribution is 0.0953. The Balaban J connectivity index is 0.00000225. The summed E-state index contributed by atoms with van der Waals surface area (Å²) < 4.78 is 0. The van der Waals surface area contributed by atoms with Crippen LogP contribution in [0.15, 0.2) is 18.2 Å². The van der Waals surface area contributed by atoms with Crippen LogP contribution in [0, 0.1) is 6.92 Å². The van der Waals surface area contributed by atoms with Crippen LogP contribution in [0.1, 0.15) is 15.9 Å². The van der Waals surface area contributed by atoms with Gasteiger partial charge in [-0.1, -0.05) is 17.7 Å². The van der Waals surface area contributed by atoms with E-state index in [1.54, 1.807) is 12.1 Å². The highest BCUT2D eigenvalue weighted by Crippen LogP contribution is 2.14. The van der Waals surface area contributed by atoms with E-state index in [2.05, 4.69) is 10.6 Å². The van der Waals surface area contributed by atoms with Gasteiger partial charge in [-0.25, -0.2) is 0 Å². The van der Waals surface area contributed by atoms with E-state index >= 15 is 0 Å². The molecule has 90 valence electrons. The first kappa shape index (κ1) is 15.2. The SMILES string of the molecule is CNCCNC(=O)c1cc(Cl)ccc1C.Cl. The number of hydrogen-bond donors (Lipinski definition) is 2. The third kappa shape index (κ3) is 4.39. The van der Waals surface area contributed by atoms with Crippen LogP contribution in [0.4, 0.5) is 0 Å². The van der Waals surface area contributed by atoms with Crippen molar-refractivity contribution in [3.63, 3.8) is 0 Å². The molecule has 1 amide bonds. The molecule has 0 aliphatic heterocycles. The predicted molar refractivity (Wildman–Crippen MR) is 69.7 cm³/mol. The maximum Gasteiger partial charge on any atom is 0.251 e. The number of carbonyl (C=O) groups is 1. The van der Waals surface area contributed by atoms with Crippen molar-refractivity contribution in [3.8, 4) is 0 Å². The molecule has 1 aromatic carbocycles. The Morgan fingerprint density at radius 3 is 2.69 bits per heavy atom. The van der Waals surface area contributed by atoms with Gasteiger partial charge in [0.15, 0.2) is 0 Å². The van der Waals surface area contributed by atoms with Gasteiger partial charge in [0.25, 0.3) is 5.91 Å². The van der Waals surface area contributed by atoms with Crippen molar-refractivity contribution < 1.29 is 4.79 Å². The molecule has 0 aliphatic carbocycles. The number of hydrogen-bond acceptors (Lipinski definition) is 2. The first-order chi connectivity index (χ1) is 7.15. The van der Waals surface area contributed by atoms with E-state index in [-0.39, 0.29) is 18.3 Å². The number of aryl methyl sites for hydroxylation is 1. The quantitative estimate of drug-likeness (QED) is 0.816. The molecule has 1 aromatic rings. The molecule has 0 radical (unpaired) electrons. The standard InChI is InChI=1S/C11H15ClN2O.ClH/c1-8-3-4-9(12)7-10(8)11(15)14-6-5-13-2;/h3-4,7,13H,5-6H2,1-2H3,(H,14,15);1H. The second-order valence-electron chi connectivity index (χ2n) is 3.32. The Morgan fingerprint density at radius 1 is 1.38 bits per heavy atom. The lowest BCUT2D eigenvalue weighted by atomic mass is 10.1. The van der Waals surface area contributed by atoms with Crippen LogP contribution < -0.4 is 10.6 Å². The second kappa shape index (κ2) is 7.49. The van der Waals surface area contributed by atoms with E-state index in [1.807, 2.05) is 20.0 Å². The maximum atomic E-state index is 11.7. The first-order valence-corrected chi connectivity index (χ1v) is 5.22. The number of likely N-dealkylation sites (N-methyl/N-ethyl adjacent to an activating group) is 1. The van der Waals surface area contributed by atoms with E-state index in [0.717, 1.165) is 12.1 Å². The average molecular weight is 263 g/mol.